The number of halogens is 2. The number of ether oxygens (including phenoxy) is 1. The predicted molar refractivity (Wildman–Crippen MR) is 115 cm³/mol. The largest absolute Gasteiger partial charge is 0.444 e. The van der Waals surface area contributed by atoms with Crippen LogP contribution in [-0.4, -0.2) is 34.5 Å². The minimum Gasteiger partial charge on any atom is -0.444 e. The number of alkyl carbamates (subject to hydrolysis) is 1. The van der Waals surface area contributed by atoms with E-state index in [1.54, 1.807) is 20.8 Å². The number of nitro benzene ring substituents is 1. The number of para-hydroxylation sites is 1. The number of anilines is 1. The van der Waals surface area contributed by atoms with Crippen LogP contribution in [0.1, 0.15) is 43.6 Å². The molecule has 0 saturated carbocycles. The van der Waals surface area contributed by atoms with Gasteiger partial charge in [0.1, 0.15) is 34.5 Å². The number of aryl methyl sites for hydroxylation is 1. The van der Waals surface area contributed by atoms with Crippen LogP contribution < -0.4 is 10.2 Å². The molecule has 0 spiro atoms. The zero-order chi connectivity index (χ0) is 25.1. The molecule has 33 heavy (non-hydrogen) atoms. The maximum Gasteiger partial charge on any atom is 0.408 e. The van der Waals surface area contributed by atoms with E-state index in [0.717, 1.165) is 24.3 Å². The Morgan fingerprint density at radius 3 is 2.15 bits per heavy atom. The van der Waals surface area contributed by atoms with Gasteiger partial charge in [0.05, 0.1) is 4.92 Å². The number of imide groups is 1. The van der Waals surface area contributed by atoms with Gasteiger partial charge in [0.25, 0.3) is 17.5 Å². The van der Waals surface area contributed by atoms with E-state index in [0.29, 0.717) is 0 Å². The van der Waals surface area contributed by atoms with E-state index in [1.165, 1.54) is 26.0 Å². The topological polar surface area (TPSA) is 119 Å². The molecule has 0 radical (unpaired) electrons. The number of nitrogens with one attached hydrogen (secondary N) is 1. The summed E-state index contributed by atoms with van der Waals surface area (Å²) in [5.41, 5.74) is -2.99. The highest BCUT2D eigenvalue weighted by Gasteiger charge is 2.37. The van der Waals surface area contributed by atoms with Crippen LogP contribution in [0, 0.1) is 28.7 Å². The van der Waals surface area contributed by atoms with Gasteiger partial charge in [0, 0.05) is 6.07 Å². The quantitative estimate of drug-likeness (QED) is 0.523. The van der Waals surface area contributed by atoms with Gasteiger partial charge in [-0.15, -0.1) is 0 Å². The number of amides is 3. The molecular formula is C22H23F2N3O6. The molecule has 0 aliphatic heterocycles. The zero-order valence-corrected chi connectivity index (χ0v) is 18.6. The van der Waals surface area contributed by atoms with Crippen molar-refractivity contribution in [3.63, 3.8) is 0 Å². The highest BCUT2D eigenvalue weighted by molar-refractivity contribution is 6.24. The number of carbonyl (C=O) groups excluding carboxylic acids is 3. The summed E-state index contributed by atoms with van der Waals surface area (Å²) in [7, 11) is 0. The fraction of sp³-hybridized carbons (Fsp3) is 0.318. The molecule has 176 valence electrons. The van der Waals surface area contributed by atoms with Crippen molar-refractivity contribution >= 4 is 29.3 Å². The van der Waals surface area contributed by atoms with Crippen molar-refractivity contribution in [3.05, 3.63) is 69.3 Å². The molecule has 9 nitrogen and oxygen atoms in total. The molecule has 0 fully saturated rings. The summed E-state index contributed by atoms with van der Waals surface area (Å²) in [6.45, 7) is 7.31. The van der Waals surface area contributed by atoms with Gasteiger partial charge in [-0.2, -0.15) is 0 Å². The summed E-state index contributed by atoms with van der Waals surface area (Å²) in [6.07, 6.45) is -1.01. The number of benzene rings is 2. The summed E-state index contributed by atoms with van der Waals surface area (Å²) >= 11 is 0. The van der Waals surface area contributed by atoms with E-state index in [2.05, 4.69) is 5.32 Å². The lowest BCUT2D eigenvalue weighted by atomic mass is 10.0. The highest BCUT2D eigenvalue weighted by atomic mass is 19.1. The van der Waals surface area contributed by atoms with Crippen LogP contribution in [0.3, 0.4) is 0 Å². The summed E-state index contributed by atoms with van der Waals surface area (Å²) in [5.74, 6) is -5.06. The van der Waals surface area contributed by atoms with Crippen LogP contribution in [-0.2, 0) is 9.53 Å². The SMILES string of the molecule is Cc1cccc([N+](=O)[O-])c1C(=O)N(C(=O)C(C)NC(=O)OC(C)(C)C)c1c(F)cccc1F. The molecule has 0 bridgehead atoms. The Morgan fingerprint density at radius 2 is 1.64 bits per heavy atom. The van der Waals surface area contributed by atoms with Gasteiger partial charge in [0.15, 0.2) is 0 Å². The second-order valence-electron chi connectivity index (χ2n) is 8.14. The normalized spacial score (nSPS) is 12.0. The van der Waals surface area contributed by atoms with Gasteiger partial charge in [-0.1, -0.05) is 18.2 Å². The molecule has 0 saturated heterocycles. The zero-order valence-electron chi connectivity index (χ0n) is 18.6. The van der Waals surface area contributed by atoms with Crippen LogP contribution in [0.25, 0.3) is 0 Å². The first-order valence-electron chi connectivity index (χ1n) is 9.80. The number of nitro groups is 1. The number of nitrogens with zero attached hydrogens (tertiary/aromatic N) is 2. The standard InChI is InChI=1S/C22H23F2N3O6/c1-12-8-6-11-16(27(31)32)17(12)20(29)26(18-14(23)9-7-10-15(18)24)19(28)13(2)25-21(30)33-22(3,4)5/h6-11,13H,1-5H3,(H,25,30). The Morgan fingerprint density at radius 1 is 1.09 bits per heavy atom. The fourth-order valence-corrected chi connectivity index (χ4v) is 2.95. The van der Waals surface area contributed by atoms with E-state index in [1.807, 2.05) is 0 Å². The third kappa shape index (κ3) is 5.88. The molecule has 2 aromatic rings. The third-order valence-electron chi connectivity index (χ3n) is 4.35. The first-order valence-corrected chi connectivity index (χ1v) is 9.80. The van der Waals surface area contributed by atoms with Gasteiger partial charge in [-0.25, -0.2) is 18.5 Å². The molecule has 0 heterocycles. The molecule has 2 rings (SSSR count). The molecule has 2 aromatic carbocycles. The Labute approximate surface area is 188 Å². The second kappa shape index (κ2) is 9.72. The Kier molecular flexibility index (Phi) is 7.47. The van der Waals surface area contributed by atoms with Crippen molar-refractivity contribution in [1.29, 1.82) is 0 Å². The van der Waals surface area contributed by atoms with Crippen LogP contribution in [0.2, 0.25) is 0 Å². The van der Waals surface area contributed by atoms with Crippen LogP contribution in [0.4, 0.5) is 25.0 Å². The monoisotopic (exact) mass is 463 g/mol. The first-order chi connectivity index (χ1) is 15.2. The average Bonchev–Trinajstić information content (AvgIpc) is 2.68. The lowest BCUT2D eigenvalue weighted by Crippen LogP contribution is -2.51. The Hall–Kier alpha value is -3.89. The minimum atomic E-state index is -1.48. The smallest absolute Gasteiger partial charge is 0.408 e. The van der Waals surface area contributed by atoms with Crippen LogP contribution in [0.15, 0.2) is 36.4 Å². The Balaban J connectivity index is 2.60. The molecule has 3 amide bonds. The Bertz CT molecular complexity index is 1090. The van der Waals surface area contributed by atoms with Gasteiger partial charge < -0.3 is 10.1 Å². The molecule has 0 aliphatic rings. The summed E-state index contributed by atoms with van der Waals surface area (Å²) < 4.78 is 34.3. The molecule has 1 unspecified atom stereocenters. The van der Waals surface area contributed by atoms with Crippen molar-refractivity contribution in [2.45, 2.75) is 46.3 Å². The summed E-state index contributed by atoms with van der Waals surface area (Å²) in [6, 6.07) is 4.93. The minimum absolute atomic E-state index is 0.108. The van der Waals surface area contributed by atoms with E-state index in [-0.39, 0.29) is 10.5 Å². The predicted octanol–water partition coefficient (Wildman–Crippen LogP) is 4.27. The van der Waals surface area contributed by atoms with Gasteiger partial charge in [-0.05, 0) is 52.3 Å². The molecule has 11 heteroatoms. The number of hydrogen-bond donors (Lipinski definition) is 1. The fourth-order valence-electron chi connectivity index (χ4n) is 2.95. The van der Waals surface area contributed by atoms with Crippen molar-refractivity contribution < 1.29 is 32.8 Å². The van der Waals surface area contributed by atoms with Gasteiger partial charge >= 0.3 is 6.09 Å². The molecule has 1 N–H and O–H groups in total. The van der Waals surface area contributed by atoms with Crippen molar-refractivity contribution in [2.24, 2.45) is 0 Å². The van der Waals surface area contributed by atoms with Crippen molar-refractivity contribution in [2.75, 3.05) is 4.90 Å². The molecular weight excluding hydrogens is 440 g/mol. The van der Waals surface area contributed by atoms with Crippen molar-refractivity contribution in [1.82, 2.24) is 5.32 Å². The summed E-state index contributed by atoms with van der Waals surface area (Å²) in [4.78, 5) is 49.4. The molecule has 0 aliphatic carbocycles. The third-order valence-corrected chi connectivity index (χ3v) is 4.35. The first kappa shape index (κ1) is 25.4. The van der Waals surface area contributed by atoms with E-state index in [9.17, 15) is 33.3 Å². The van der Waals surface area contributed by atoms with E-state index >= 15 is 0 Å². The van der Waals surface area contributed by atoms with Crippen molar-refractivity contribution in [3.8, 4) is 0 Å². The maximum absolute atomic E-state index is 14.6. The number of hydrogen-bond acceptors (Lipinski definition) is 6. The lowest BCUT2D eigenvalue weighted by Gasteiger charge is -2.27. The number of rotatable bonds is 5. The second-order valence-corrected chi connectivity index (χ2v) is 8.14. The maximum atomic E-state index is 14.6. The molecule has 1 atom stereocenters. The van der Waals surface area contributed by atoms with Crippen LogP contribution >= 0.6 is 0 Å². The number of carbonyl (C=O) groups is 3. The average molecular weight is 463 g/mol. The van der Waals surface area contributed by atoms with Gasteiger partial charge in [-0.3, -0.25) is 19.7 Å². The van der Waals surface area contributed by atoms with E-state index < -0.39 is 63.0 Å². The van der Waals surface area contributed by atoms with Crippen LogP contribution in [0.5, 0.6) is 0 Å². The summed E-state index contributed by atoms with van der Waals surface area (Å²) in [5, 5.41) is 13.7. The van der Waals surface area contributed by atoms with Gasteiger partial charge in [0.2, 0.25) is 0 Å². The molecule has 0 aromatic heterocycles. The van der Waals surface area contributed by atoms with E-state index in [4.69, 9.17) is 4.74 Å². The lowest BCUT2D eigenvalue weighted by molar-refractivity contribution is -0.385. The highest BCUT2D eigenvalue weighted by Crippen LogP contribution is 2.30.